The van der Waals surface area contributed by atoms with E-state index in [0.717, 1.165) is 6.07 Å². The van der Waals surface area contributed by atoms with Crippen LogP contribution >= 0.6 is 12.4 Å². The minimum atomic E-state index is -4.36. The van der Waals surface area contributed by atoms with E-state index in [1.807, 2.05) is 0 Å². The van der Waals surface area contributed by atoms with Gasteiger partial charge < -0.3 is 5.73 Å². The van der Waals surface area contributed by atoms with Crippen LogP contribution in [0.15, 0.2) is 12.3 Å². The van der Waals surface area contributed by atoms with Gasteiger partial charge in [0.05, 0.1) is 6.54 Å². The summed E-state index contributed by atoms with van der Waals surface area (Å²) in [7, 11) is 0. The van der Waals surface area contributed by atoms with Crippen LogP contribution in [0.3, 0.4) is 0 Å². The molecule has 0 spiro atoms. The van der Waals surface area contributed by atoms with E-state index in [4.69, 9.17) is 5.73 Å². The smallest absolute Gasteiger partial charge is 0.329 e. The number of hydrogen-bond acceptors (Lipinski definition) is 2. The van der Waals surface area contributed by atoms with Crippen molar-refractivity contribution in [1.29, 1.82) is 0 Å². The van der Waals surface area contributed by atoms with Gasteiger partial charge in [0, 0.05) is 12.7 Å². The third-order valence-electron chi connectivity index (χ3n) is 1.29. The van der Waals surface area contributed by atoms with E-state index >= 15 is 0 Å². The van der Waals surface area contributed by atoms with E-state index in [1.54, 1.807) is 0 Å². The lowest BCUT2D eigenvalue weighted by Crippen LogP contribution is -2.12. The summed E-state index contributed by atoms with van der Waals surface area (Å²) in [5, 5.41) is 3.28. The number of halogens is 4. The predicted molar refractivity (Wildman–Crippen MR) is 43.5 cm³/mol. The Labute approximate surface area is 79.1 Å². The molecule has 2 N–H and O–H groups in total. The molecule has 1 heterocycles. The first kappa shape index (κ1) is 12.2. The molecule has 0 saturated heterocycles. The number of aromatic nitrogens is 2. The third kappa shape index (κ3) is 3.23. The van der Waals surface area contributed by atoms with Crippen molar-refractivity contribution in [2.45, 2.75) is 12.7 Å². The van der Waals surface area contributed by atoms with Crippen LogP contribution in [0.2, 0.25) is 0 Å². The molecule has 0 aliphatic heterocycles. The minimum Gasteiger partial charge on any atom is -0.329 e. The fourth-order valence-electron chi connectivity index (χ4n) is 0.770. The van der Waals surface area contributed by atoms with Crippen molar-refractivity contribution in [2.75, 3.05) is 6.54 Å². The van der Waals surface area contributed by atoms with E-state index in [1.165, 1.54) is 10.9 Å². The van der Waals surface area contributed by atoms with E-state index in [2.05, 4.69) is 5.10 Å². The maximum Gasteiger partial charge on any atom is 0.435 e. The monoisotopic (exact) mass is 215 g/mol. The Morgan fingerprint density at radius 1 is 1.46 bits per heavy atom. The molecule has 76 valence electrons. The molecule has 1 aromatic heterocycles. The van der Waals surface area contributed by atoms with Crippen LogP contribution in [0.25, 0.3) is 0 Å². The molecule has 0 amide bonds. The van der Waals surface area contributed by atoms with Gasteiger partial charge in [0.25, 0.3) is 0 Å². The van der Waals surface area contributed by atoms with Crippen molar-refractivity contribution < 1.29 is 13.2 Å². The number of nitrogens with zero attached hydrogens (tertiary/aromatic N) is 2. The van der Waals surface area contributed by atoms with Gasteiger partial charge in [-0.2, -0.15) is 18.3 Å². The van der Waals surface area contributed by atoms with Crippen molar-refractivity contribution in [3.63, 3.8) is 0 Å². The number of hydrogen-bond donors (Lipinski definition) is 1. The fraction of sp³-hybridized carbons (Fsp3) is 0.500. The van der Waals surface area contributed by atoms with Gasteiger partial charge in [0.15, 0.2) is 5.69 Å². The lowest BCUT2D eigenvalue weighted by molar-refractivity contribution is -0.141. The lowest BCUT2D eigenvalue weighted by Gasteiger charge is -2.00. The Balaban J connectivity index is 0.00000144. The first-order chi connectivity index (χ1) is 5.54. The molecule has 1 aromatic rings. The van der Waals surface area contributed by atoms with Crippen LogP contribution in [0.4, 0.5) is 13.2 Å². The zero-order valence-electron chi connectivity index (χ0n) is 6.58. The number of rotatable bonds is 2. The van der Waals surface area contributed by atoms with Gasteiger partial charge in [-0.1, -0.05) is 0 Å². The van der Waals surface area contributed by atoms with Gasteiger partial charge in [0.1, 0.15) is 0 Å². The van der Waals surface area contributed by atoms with Crippen molar-refractivity contribution in [3.8, 4) is 0 Å². The second-order valence-electron chi connectivity index (χ2n) is 2.25. The maximum atomic E-state index is 11.9. The Kier molecular flexibility index (Phi) is 4.22. The van der Waals surface area contributed by atoms with Crippen molar-refractivity contribution in [1.82, 2.24) is 9.78 Å². The Morgan fingerprint density at radius 2 is 2.08 bits per heavy atom. The summed E-state index contributed by atoms with van der Waals surface area (Å²) in [6, 6.07) is 0.926. The highest BCUT2D eigenvalue weighted by Crippen LogP contribution is 2.26. The summed E-state index contributed by atoms with van der Waals surface area (Å²) >= 11 is 0. The summed E-state index contributed by atoms with van der Waals surface area (Å²) in [4.78, 5) is 0. The summed E-state index contributed by atoms with van der Waals surface area (Å²) in [6.45, 7) is 0.578. The van der Waals surface area contributed by atoms with Crippen LogP contribution < -0.4 is 5.73 Å². The van der Waals surface area contributed by atoms with E-state index in [0.29, 0.717) is 6.54 Å². The van der Waals surface area contributed by atoms with Gasteiger partial charge in [-0.15, -0.1) is 12.4 Å². The molecule has 0 fully saturated rings. The molecule has 13 heavy (non-hydrogen) atoms. The van der Waals surface area contributed by atoms with Crippen LogP contribution in [0.5, 0.6) is 0 Å². The van der Waals surface area contributed by atoms with Crippen LogP contribution in [-0.2, 0) is 12.7 Å². The molecule has 0 radical (unpaired) electrons. The van der Waals surface area contributed by atoms with Gasteiger partial charge in [0.2, 0.25) is 0 Å². The molecule has 0 aromatic carbocycles. The van der Waals surface area contributed by atoms with Crippen molar-refractivity contribution in [2.24, 2.45) is 5.73 Å². The molecule has 1 rings (SSSR count). The van der Waals surface area contributed by atoms with Gasteiger partial charge in [-0.25, -0.2) is 0 Å². The predicted octanol–water partition coefficient (Wildman–Crippen LogP) is 1.28. The first-order valence-electron chi connectivity index (χ1n) is 3.35. The summed E-state index contributed by atoms with van der Waals surface area (Å²) in [5.74, 6) is 0. The van der Waals surface area contributed by atoms with Crippen LogP contribution in [-0.4, -0.2) is 16.3 Å². The third-order valence-corrected chi connectivity index (χ3v) is 1.29. The quantitative estimate of drug-likeness (QED) is 0.808. The molecule has 0 aliphatic rings. The van der Waals surface area contributed by atoms with Gasteiger partial charge in [-0.05, 0) is 6.07 Å². The topological polar surface area (TPSA) is 43.8 Å². The summed E-state index contributed by atoms with van der Waals surface area (Å²) < 4.78 is 37.0. The molecular weight excluding hydrogens is 207 g/mol. The highest BCUT2D eigenvalue weighted by atomic mass is 35.5. The zero-order chi connectivity index (χ0) is 9.19. The minimum absolute atomic E-state index is 0. The van der Waals surface area contributed by atoms with E-state index in [-0.39, 0.29) is 19.0 Å². The molecule has 0 saturated carbocycles. The molecule has 0 bridgehead atoms. The average molecular weight is 216 g/mol. The van der Waals surface area contributed by atoms with Crippen molar-refractivity contribution >= 4 is 12.4 Å². The molecule has 7 heteroatoms. The van der Waals surface area contributed by atoms with Crippen molar-refractivity contribution in [3.05, 3.63) is 18.0 Å². The van der Waals surface area contributed by atoms with E-state index < -0.39 is 11.9 Å². The van der Waals surface area contributed by atoms with Crippen LogP contribution in [0, 0.1) is 0 Å². The van der Waals surface area contributed by atoms with Gasteiger partial charge >= 0.3 is 6.18 Å². The average Bonchev–Trinajstić information content (AvgIpc) is 2.35. The summed E-state index contributed by atoms with van der Waals surface area (Å²) in [6.07, 6.45) is -3.10. The fourth-order valence-corrected chi connectivity index (χ4v) is 0.770. The largest absolute Gasteiger partial charge is 0.435 e. The molecule has 3 nitrogen and oxygen atoms in total. The normalized spacial score (nSPS) is 11.1. The second kappa shape index (κ2) is 4.48. The van der Waals surface area contributed by atoms with E-state index in [9.17, 15) is 13.2 Å². The summed E-state index contributed by atoms with van der Waals surface area (Å²) in [5.41, 5.74) is 4.26. The number of alkyl halides is 3. The van der Waals surface area contributed by atoms with Crippen LogP contribution in [0.1, 0.15) is 5.69 Å². The maximum absolute atomic E-state index is 11.9. The molecule has 0 unspecified atom stereocenters. The second-order valence-corrected chi connectivity index (χ2v) is 2.25. The highest BCUT2D eigenvalue weighted by Gasteiger charge is 2.33. The zero-order valence-corrected chi connectivity index (χ0v) is 7.40. The molecule has 0 aliphatic carbocycles. The lowest BCUT2D eigenvalue weighted by atomic mass is 10.4. The highest BCUT2D eigenvalue weighted by molar-refractivity contribution is 5.85. The number of nitrogens with two attached hydrogens (primary N) is 1. The molecular formula is C6H9ClF3N3. The standard InChI is InChI=1S/C6H8F3N3.ClH/c7-6(8,9)5-1-3-12(11-5)4-2-10;/h1,3H,2,4,10H2;1H. The Bertz CT molecular complexity index is 258. The Morgan fingerprint density at radius 3 is 2.46 bits per heavy atom. The Hall–Kier alpha value is -0.750. The molecule has 0 atom stereocenters. The van der Waals surface area contributed by atoms with Gasteiger partial charge in [-0.3, -0.25) is 4.68 Å². The SMILES string of the molecule is Cl.NCCn1ccc(C(F)(F)F)n1. The first-order valence-corrected chi connectivity index (χ1v) is 3.35.